The van der Waals surface area contributed by atoms with Gasteiger partial charge in [-0.2, -0.15) is 5.10 Å². The Labute approximate surface area is 109 Å². The van der Waals surface area contributed by atoms with Crippen molar-refractivity contribution < 1.29 is 13.2 Å². The van der Waals surface area contributed by atoms with E-state index in [1.54, 1.807) is 6.92 Å². The molecular weight excluding hydrogens is 268 g/mol. The third-order valence-corrected chi connectivity index (χ3v) is 3.56. The fraction of sp³-hybridized carbons (Fsp3) is 0.0909. The normalized spacial score (nSPS) is 11.3. The van der Waals surface area contributed by atoms with Gasteiger partial charge in [0.2, 0.25) is 10.0 Å². The van der Waals surface area contributed by atoms with Crippen molar-refractivity contribution in [2.45, 2.75) is 11.8 Å². The first-order valence-electron chi connectivity index (χ1n) is 5.32. The Morgan fingerprint density at radius 3 is 2.63 bits per heavy atom. The second kappa shape index (κ2) is 4.82. The SMILES string of the molecule is Cc1cc(NC(=O)c2ccn[nH]2)ccc1S(N)(=O)=O. The van der Waals surface area contributed by atoms with Crippen LogP contribution in [0.15, 0.2) is 35.4 Å². The highest BCUT2D eigenvalue weighted by Gasteiger charge is 2.13. The molecule has 0 bridgehead atoms. The van der Waals surface area contributed by atoms with Gasteiger partial charge >= 0.3 is 0 Å². The first-order chi connectivity index (χ1) is 8.88. The molecule has 0 fully saturated rings. The van der Waals surface area contributed by atoms with Crippen molar-refractivity contribution in [3.05, 3.63) is 41.7 Å². The topological polar surface area (TPSA) is 118 Å². The predicted octanol–water partition coefficient (Wildman–Crippen LogP) is 0.618. The maximum atomic E-state index is 11.7. The van der Waals surface area contributed by atoms with Crippen LogP contribution in [0.2, 0.25) is 0 Å². The molecule has 2 rings (SSSR count). The van der Waals surface area contributed by atoms with Gasteiger partial charge in [-0.05, 0) is 36.8 Å². The van der Waals surface area contributed by atoms with Crippen molar-refractivity contribution in [3.8, 4) is 0 Å². The molecule has 100 valence electrons. The average Bonchev–Trinajstić information content (AvgIpc) is 2.80. The number of sulfonamides is 1. The van der Waals surface area contributed by atoms with Crippen LogP contribution in [0.4, 0.5) is 5.69 Å². The van der Waals surface area contributed by atoms with Gasteiger partial charge in [-0.3, -0.25) is 9.89 Å². The second-order valence-corrected chi connectivity index (χ2v) is 5.48. The Hall–Kier alpha value is -2.19. The molecule has 0 radical (unpaired) electrons. The first kappa shape index (κ1) is 13.2. The van der Waals surface area contributed by atoms with Crippen LogP contribution in [-0.2, 0) is 10.0 Å². The molecule has 0 saturated carbocycles. The highest BCUT2D eigenvalue weighted by Crippen LogP contribution is 2.18. The van der Waals surface area contributed by atoms with Crippen molar-refractivity contribution in [1.82, 2.24) is 10.2 Å². The standard InChI is InChI=1S/C11H12N4O3S/c1-7-6-8(2-3-10(7)19(12,17)18)14-11(16)9-4-5-13-15-9/h2-6H,1H3,(H,13,15)(H,14,16)(H2,12,17,18). The average molecular weight is 280 g/mol. The zero-order chi connectivity index (χ0) is 14.0. The van der Waals surface area contributed by atoms with E-state index in [1.165, 1.54) is 30.5 Å². The maximum absolute atomic E-state index is 11.7. The Morgan fingerprint density at radius 2 is 2.11 bits per heavy atom. The van der Waals surface area contributed by atoms with E-state index < -0.39 is 10.0 Å². The van der Waals surface area contributed by atoms with Gasteiger partial charge in [-0.15, -0.1) is 0 Å². The van der Waals surface area contributed by atoms with Crippen LogP contribution in [0.3, 0.4) is 0 Å². The summed E-state index contributed by atoms with van der Waals surface area (Å²) in [7, 11) is -3.75. The van der Waals surface area contributed by atoms with E-state index in [1.807, 2.05) is 0 Å². The number of aryl methyl sites for hydroxylation is 1. The number of hydrogen-bond acceptors (Lipinski definition) is 4. The summed E-state index contributed by atoms with van der Waals surface area (Å²) in [5.74, 6) is -0.361. The number of carbonyl (C=O) groups is 1. The summed E-state index contributed by atoms with van der Waals surface area (Å²) >= 11 is 0. The lowest BCUT2D eigenvalue weighted by molar-refractivity contribution is 0.102. The number of carbonyl (C=O) groups excluding carboxylic acids is 1. The number of nitrogens with two attached hydrogens (primary N) is 1. The molecule has 4 N–H and O–H groups in total. The number of aromatic amines is 1. The number of primary sulfonamides is 1. The van der Waals surface area contributed by atoms with Crippen molar-refractivity contribution in [1.29, 1.82) is 0 Å². The highest BCUT2D eigenvalue weighted by molar-refractivity contribution is 7.89. The summed E-state index contributed by atoms with van der Waals surface area (Å²) in [6.45, 7) is 1.60. The molecule has 0 spiro atoms. The van der Waals surface area contributed by atoms with E-state index in [-0.39, 0.29) is 10.8 Å². The molecule has 1 amide bonds. The molecule has 0 unspecified atom stereocenters. The van der Waals surface area contributed by atoms with Crippen LogP contribution < -0.4 is 10.5 Å². The Balaban J connectivity index is 2.24. The summed E-state index contributed by atoms with van der Waals surface area (Å²) in [5, 5.41) is 13.9. The molecule has 19 heavy (non-hydrogen) atoms. The molecule has 0 aliphatic rings. The molecule has 0 aliphatic carbocycles. The van der Waals surface area contributed by atoms with Crippen LogP contribution in [0.25, 0.3) is 0 Å². The lowest BCUT2D eigenvalue weighted by atomic mass is 10.2. The fourth-order valence-corrected chi connectivity index (χ4v) is 2.39. The van der Waals surface area contributed by atoms with Crippen LogP contribution in [0.1, 0.15) is 16.1 Å². The number of nitrogens with zero attached hydrogens (tertiary/aromatic N) is 1. The van der Waals surface area contributed by atoms with Gasteiger partial charge in [0.15, 0.2) is 0 Å². The quantitative estimate of drug-likeness (QED) is 0.763. The Morgan fingerprint density at radius 1 is 1.37 bits per heavy atom. The smallest absolute Gasteiger partial charge is 0.273 e. The van der Waals surface area contributed by atoms with Crippen molar-refractivity contribution >= 4 is 21.6 Å². The van der Waals surface area contributed by atoms with Gasteiger partial charge in [0.05, 0.1) is 4.90 Å². The minimum atomic E-state index is -3.75. The number of amides is 1. The molecule has 1 aromatic carbocycles. The van der Waals surface area contributed by atoms with Crippen molar-refractivity contribution in [2.24, 2.45) is 5.14 Å². The number of hydrogen-bond donors (Lipinski definition) is 3. The van der Waals surface area contributed by atoms with Crippen molar-refractivity contribution in [3.63, 3.8) is 0 Å². The number of anilines is 1. The maximum Gasteiger partial charge on any atom is 0.273 e. The van der Waals surface area contributed by atoms with Crippen molar-refractivity contribution in [2.75, 3.05) is 5.32 Å². The number of benzene rings is 1. The summed E-state index contributed by atoms with van der Waals surface area (Å²) in [5.41, 5.74) is 1.25. The van der Waals surface area contributed by atoms with Gasteiger partial charge in [0.25, 0.3) is 5.91 Å². The van der Waals surface area contributed by atoms with E-state index in [2.05, 4.69) is 15.5 Å². The largest absolute Gasteiger partial charge is 0.321 e. The monoisotopic (exact) mass is 280 g/mol. The predicted molar refractivity (Wildman–Crippen MR) is 69.1 cm³/mol. The van der Waals surface area contributed by atoms with E-state index >= 15 is 0 Å². The van der Waals surface area contributed by atoms with Crippen LogP contribution in [-0.4, -0.2) is 24.5 Å². The van der Waals surface area contributed by atoms with E-state index in [0.29, 0.717) is 16.9 Å². The van der Waals surface area contributed by atoms with E-state index in [0.717, 1.165) is 0 Å². The number of nitrogens with one attached hydrogen (secondary N) is 2. The molecule has 1 aromatic heterocycles. The van der Waals surface area contributed by atoms with E-state index in [4.69, 9.17) is 5.14 Å². The van der Waals surface area contributed by atoms with Crippen LogP contribution in [0.5, 0.6) is 0 Å². The zero-order valence-electron chi connectivity index (χ0n) is 10.0. The van der Waals surface area contributed by atoms with Crippen LogP contribution >= 0.6 is 0 Å². The first-order valence-corrected chi connectivity index (χ1v) is 6.87. The third-order valence-electron chi connectivity index (χ3n) is 2.48. The minimum absolute atomic E-state index is 0.0343. The molecule has 7 nitrogen and oxygen atoms in total. The minimum Gasteiger partial charge on any atom is -0.321 e. The van der Waals surface area contributed by atoms with E-state index in [9.17, 15) is 13.2 Å². The summed E-state index contributed by atoms with van der Waals surface area (Å²) < 4.78 is 22.5. The fourth-order valence-electron chi connectivity index (χ4n) is 1.63. The van der Waals surface area contributed by atoms with Gasteiger partial charge in [-0.25, -0.2) is 13.6 Å². The number of aromatic nitrogens is 2. The zero-order valence-corrected chi connectivity index (χ0v) is 10.9. The van der Waals surface area contributed by atoms with Crippen LogP contribution in [0, 0.1) is 6.92 Å². The molecule has 0 saturated heterocycles. The molecule has 1 heterocycles. The number of H-pyrrole nitrogens is 1. The lowest BCUT2D eigenvalue weighted by Gasteiger charge is -2.07. The van der Waals surface area contributed by atoms with Gasteiger partial charge in [-0.1, -0.05) is 0 Å². The Kier molecular flexibility index (Phi) is 3.36. The molecule has 2 aromatic rings. The second-order valence-electron chi connectivity index (χ2n) is 3.95. The van der Waals surface area contributed by atoms with Gasteiger partial charge in [0.1, 0.15) is 5.69 Å². The van der Waals surface area contributed by atoms with Gasteiger partial charge < -0.3 is 5.32 Å². The Bertz CT molecular complexity index is 708. The molecule has 0 aliphatic heterocycles. The lowest BCUT2D eigenvalue weighted by Crippen LogP contribution is -2.15. The summed E-state index contributed by atoms with van der Waals surface area (Å²) in [4.78, 5) is 11.8. The third kappa shape index (κ3) is 2.98. The summed E-state index contributed by atoms with van der Waals surface area (Å²) in [6.07, 6.45) is 1.46. The summed E-state index contributed by atoms with van der Waals surface area (Å²) in [6, 6.07) is 5.89. The molecule has 0 atom stereocenters. The highest BCUT2D eigenvalue weighted by atomic mass is 32.2. The molecular formula is C11H12N4O3S. The molecule has 8 heteroatoms. The number of rotatable bonds is 3. The van der Waals surface area contributed by atoms with Gasteiger partial charge in [0, 0.05) is 11.9 Å².